The molecular weight excluding hydrogens is 837 g/mol. The number of nitrogens with zero attached hydrogens (tertiary/aromatic N) is 2. The molecule has 1 spiro atoms. The lowest BCUT2D eigenvalue weighted by molar-refractivity contribution is 0.670. The Labute approximate surface area is 399 Å². The van der Waals surface area contributed by atoms with E-state index in [2.05, 4.69) is 231 Å². The predicted molar refractivity (Wildman–Crippen MR) is 279 cm³/mol. The Balaban J connectivity index is 1.06. The van der Waals surface area contributed by atoms with Gasteiger partial charge in [-0.25, -0.2) is 9.97 Å². The van der Waals surface area contributed by atoms with Crippen molar-refractivity contribution in [2.75, 3.05) is 0 Å². The molecule has 3 aliphatic rings. The monoisotopic (exact) mass is 876 g/mol. The zero-order chi connectivity index (χ0) is 45.3. The maximum absolute atomic E-state index is 6.79. The van der Waals surface area contributed by atoms with Gasteiger partial charge in [0.2, 0.25) is 0 Å². The summed E-state index contributed by atoms with van der Waals surface area (Å²) >= 11 is 0. The van der Waals surface area contributed by atoms with Crippen molar-refractivity contribution in [3.8, 4) is 67.3 Å². The molecule has 10 aromatic carbocycles. The molecule has 0 aliphatic heterocycles. The van der Waals surface area contributed by atoms with Gasteiger partial charge in [-0.2, -0.15) is 0 Å². The van der Waals surface area contributed by atoms with Crippen LogP contribution in [-0.4, -0.2) is 9.97 Å². The van der Waals surface area contributed by atoms with E-state index in [9.17, 15) is 0 Å². The normalized spacial score (nSPS) is 14.0. The van der Waals surface area contributed by atoms with E-state index in [1.54, 1.807) is 0 Å². The molecule has 0 radical (unpaired) electrons. The standard InChI is InChI=1S/C66H40N2O/c1-3-20-41(21-4-1)65(42-22-5-2-6-23-42)56-37-15-10-28-49(56)61-50(31-19-38-57(61)65)58-40-59(51-32-18-30-48-46-27-11-16-39-60(46)69-63(48)51)68-64(67-58)52-33-17-29-47-45-26-9-14-36-55(45)66(62(47)52)53-34-12-7-24-43(53)44-25-8-13-35-54(44)66/h1-40H. The summed E-state index contributed by atoms with van der Waals surface area (Å²) in [5, 5.41) is 2.14. The Hall–Kier alpha value is -8.92. The first-order valence-corrected chi connectivity index (χ1v) is 23.8. The number of furan rings is 1. The summed E-state index contributed by atoms with van der Waals surface area (Å²) in [4.78, 5) is 11.5. The molecule has 0 amide bonds. The average molecular weight is 877 g/mol. The van der Waals surface area contributed by atoms with Crippen LogP contribution in [0.1, 0.15) is 44.5 Å². The Bertz CT molecular complexity index is 3990. The van der Waals surface area contributed by atoms with Crippen molar-refractivity contribution in [3.05, 3.63) is 287 Å². The van der Waals surface area contributed by atoms with Gasteiger partial charge in [-0.05, 0) is 96.1 Å². The fourth-order valence-electron chi connectivity index (χ4n) is 12.8. The van der Waals surface area contributed by atoms with Crippen molar-refractivity contribution in [2.24, 2.45) is 0 Å². The van der Waals surface area contributed by atoms with Crippen LogP contribution in [-0.2, 0) is 10.8 Å². The highest BCUT2D eigenvalue weighted by atomic mass is 16.3. The molecule has 0 atom stereocenters. The van der Waals surface area contributed by atoms with E-state index in [4.69, 9.17) is 14.4 Å². The minimum Gasteiger partial charge on any atom is -0.455 e. The van der Waals surface area contributed by atoms with Crippen LogP contribution in [0.2, 0.25) is 0 Å². The molecule has 0 unspecified atom stereocenters. The van der Waals surface area contributed by atoms with Crippen molar-refractivity contribution in [1.29, 1.82) is 0 Å². The van der Waals surface area contributed by atoms with Crippen LogP contribution in [0.5, 0.6) is 0 Å². The van der Waals surface area contributed by atoms with Crippen molar-refractivity contribution < 1.29 is 4.42 Å². The van der Waals surface area contributed by atoms with E-state index in [1.807, 2.05) is 12.1 Å². The van der Waals surface area contributed by atoms with Crippen LogP contribution in [0.15, 0.2) is 247 Å². The molecule has 15 rings (SSSR count). The molecule has 0 saturated heterocycles. The van der Waals surface area contributed by atoms with Gasteiger partial charge in [-0.1, -0.05) is 224 Å². The molecule has 0 bridgehead atoms. The predicted octanol–water partition coefficient (Wildman–Crippen LogP) is 16.1. The third kappa shape index (κ3) is 5.01. The lowest BCUT2D eigenvalue weighted by atomic mass is 9.67. The van der Waals surface area contributed by atoms with Crippen LogP contribution in [0.25, 0.3) is 89.2 Å². The van der Waals surface area contributed by atoms with E-state index in [1.165, 1.54) is 77.9 Å². The molecule has 2 aromatic heterocycles. The highest BCUT2D eigenvalue weighted by molar-refractivity contribution is 6.10. The molecule has 69 heavy (non-hydrogen) atoms. The van der Waals surface area contributed by atoms with Gasteiger partial charge in [0.15, 0.2) is 5.82 Å². The zero-order valence-corrected chi connectivity index (χ0v) is 37.4. The van der Waals surface area contributed by atoms with Crippen LogP contribution >= 0.6 is 0 Å². The summed E-state index contributed by atoms with van der Waals surface area (Å²) in [7, 11) is 0. The number of para-hydroxylation sites is 2. The van der Waals surface area contributed by atoms with Gasteiger partial charge in [-0.3, -0.25) is 0 Å². The molecule has 0 N–H and O–H groups in total. The largest absolute Gasteiger partial charge is 0.455 e. The van der Waals surface area contributed by atoms with Gasteiger partial charge in [0.1, 0.15) is 11.2 Å². The minimum atomic E-state index is -0.591. The van der Waals surface area contributed by atoms with Gasteiger partial charge in [0, 0.05) is 27.5 Å². The van der Waals surface area contributed by atoms with Gasteiger partial charge in [-0.15, -0.1) is 0 Å². The van der Waals surface area contributed by atoms with Crippen LogP contribution in [0.3, 0.4) is 0 Å². The SMILES string of the molecule is c1ccc(C2(c3ccccc3)c3ccccc3-c3c(-c4cc(-c5cccc6c5oc5ccccc56)nc(-c5cccc6c5C5(c7ccccc7-c7ccccc75)c5ccccc5-6)n4)cccc32)cc1. The lowest BCUT2D eigenvalue weighted by Gasteiger charge is -2.34. The number of fused-ring (bicyclic) bond motifs is 16. The van der Waals surface area contributed by atoms with E-state index in [-0.39, 0.29) is 0 Å². The fraction of sp³-hybridized carbons (Fsp3) is 0.0303. The Morgan fingerprint density at radius 1 is 0.304 bits per heavy atom. The summed E-state index contributed by atoms with van der Waals surface area (Å²) in [6, 6.07) is 88.4. The van der Waals surface area contributed by atoms with Crippen LogP contribution in [0, 0.1) is 0 Å². The molecule has 0 fully saturated rings. The van der Waals surface area contributed by atoms with Crippen molar-refractivity contribution in [3.63, 3.8) is 0 Å². The molecule has 3 aliphatic carbocycles. The first-order chi connectivity index (χ1) is 34.2. The van der Waals surface area contributed by atoms with Gasteiger partial charge >= 0.3 is 0 Å². The highest BCUT2D eigenvalue weighted by Gasteiger charge is 2.53. The number of rotatable bonds is 5. The third-order valence-electron chi connectivity index (χ3n) is 15.4. The molecule has 0 saturated carbocycles. The average Bonchev–Trinajstić information content (AvgIpc) is 4.14. The first-order valence-electron chi connectivity index (χ1n) is 23.8. The van der Waals surface area contributed by atoms with E-state index < -0.39 is 10.8 Å². The van der Waals surface area contributed by atoms with Crippen molar-refractivity contribution in [2.45, 2.75) is 10.8 Å². The maximum Gasteiger partial charge on any atom is 0.160 e. The second-order valence-electron chi connectivity index (χ2n) is 18.6. The Morgan fingerprint density at radius 3 is 1.41 bits per heavy atom. The summed E-state index contributed by atoms with van der Waals surface area (Å²) in [6.07, 6.45) is 0. The molecule has 320 valence electrons. The van der Waals surface area contributed by atoms with Crippen molar-refractivity contribution in [1.82, 2.24) is 9.97 Å². The second-order valence-corrected chi connectivity index (χ2v) is 18.6. The minimum absolute atomic E-state index is 0.565. The number of hydrogen-bond donors (Lipinski definition) is 0. The van der Waals surface area contributed by atoms with Gasteiger partial charge in [0.25, 0.3) is 0 Å². The topological polar surface area (TPSA) is 38.9 Å². The molecule has 12 aromatic rings. The van der Waals surface area contributed by atoms with E-state index in [0.717, 1.165) is 50.0 Å². The number of aromatic nitrogens is 2. The smallest absolute Gasteiger partial charge is 0.160 e. The van der Waals surface area contributed by atoms with Gasteiger partial charge in [0.05, 0.1) is 22.2 Å². The summed E-state index contributed by atoms with van der Waals surface area (Å²) in [5.41, 5.74) is 22.5. The van der Waals surface area contributed by atoms with Crippen LogP contribution in [0.4, 0.5) is 0 Å². The van der Waals surface area contributed by atoms with E-state index >= 15 is 0 Å². The quantitative estimate of drug-likeness (QED) is 0.173. The molecule has 3 nitrogen and oxygen atoms in total. The third-order valence-corrected chi connectivity index (χ3v) is 15.4. The highest BCUT2D eigenvalue weighted by Crippen LogP contribution is 2.65. The molecule has 3 heteroatoms. The molecule has 2 heterocycles. The van der Waals surface area contributed by atoms with Crippen molar-refractivity contribution >= 4 is 21.9 Å². The summed E-state index contributed by atoms with van der Waals surface area (Å²) in [6.45, 7) is 0. The maximum atomic E-state index is 6.79. The van der Waals surface area contributed by atoms with E-state index in [0.29, 0.717) is 5.82 Å². The summed E-state index contributed by atoms with van der Waals surface area (Å²) in [5.74, 6) is 0.669. The second kappa shape index (κ2) is 14.3. The number of hydrogen-bond acceptors (Lipinski definition) is 3. The molecular formula is C66H40N2O. The zero-order valence-electron chi connectivity index (χ0n) is 37.4. The van der Waals surface area contributed by atoms with Crippen LogP contribution < -0.4 is 0 Å². The fourth-order valence-corrected chi connectivity index (χ4v) is 12.8. The summed E-state index contributed by atoms with van der Waals surface area (Å²) < 4.78 is 6.79. The van der Waals surface area contributed by atoms with Gasteiger partial charge < -0.3 is 4.42 Å². The Morgan fingerprint density at radius 2 is 0.739 bits per heavy atom. The Kier molecular flexibility index (Phi) is 7.92. The number of benzene rings is 10. The first kappa shape index (κ1) is 38.2. The lowest BCUT2D eigenvalue weighted by Crippen LogP contribution is -2.28.